The summed E-state index contributed by atoms with van der Waals surface area (Å²) in [6, 6.07) is 22.3. The number of fused-ring (bicyclic) bond motifs is 1. The number of anilines is 2. The number of sulfonamides is 1. The van der Waals surface area contributed by atoms with Crippen molar-refractivity contribution in [2.75, 3.05) is 9.21 Å². The fourth-order valence-corrected chi connectivity index (χ4v) is 6.17. The molecule has 0 unspecified atom stereocenters. The second-order valence-electron chi connectivity index (χ2n) is 8.61. The van der Waals surface area contributed by atoms with Crippen LogP contribution in [0.4, 0.5) is 11.4 Å². The van der Waals surface area contributed by atoms with Gasteiger partial charge >= 0.3 is 0 Å². The summed E-state index contributed by atoms with van der Waals surface area (Å²) < 4.78 is 29.5. The number of para-hydroxylation sites is 2. The lowest BCUT2D eigenvalue weighted by Crippen LogP contribution is -2.49. The van der Waals surface area contributed by atoms with Crippen molar-refractivity contribution < 1.29 is 13.2 Å². The lowest BCUT2D eigenvalue weighted by Gasteiger charge is -2.44. The van der Waals surface area contributed by atoms with Gasteiger partial charge in [0.25, 0.3) is 10.0 Å². The molecule has 172 valence electrons. The number of benzene rings is 3. The molecule has 0 saturated heterocycles. The van der Waals surface area contributed by atoms with Crippen molar-refractivity contribution in [1.29, 1.82) is 0 Å². The van der Waals surface area contributed by atoms with Crippen LogP contribution in [0.3, 0.4) is 0 Å². The molecule has 0 aliphatic carbocycles. The van der Waals surface area contributed by atoms with Crippen molar-refractivity contribution in [1.82, 2.24) is 0 Å². The molecular formula is C26H27ClN2O3S. The van der Waals surface area contributed by atoms with Crippen molar-refractivity contribution in [3.05, 3.63) is 89.4 Å². The first-order valence-electron chi connectivity index (χ1n) is 11.0. The SMILES string of the molecule is CC(C)C(=O)N1c2ccccc2[C@@H](N(c2ccccc2)S(=O)(=O)c2ccc(Cl)cc2)C[C@@H]1C. The maximum atomic E-state index is 14.0. The van der Waals surface area contributed by atoms with E-state index in [1.165, 1.54) is 16.4 Å². The molecule has 2 atom stereocenters. The average Bonchev–Trinajstić information content (AvgIpc) is 2.80. The molecule has 0 saturated carbocycles. The number of hydrogen-bond donors (Lipinski definition) is 0. The van der Waals surface area contributed by atoms with Crippen LogP contribution in [0, 0.1) is 5.92 Å². The number of halogens is 1. The topological polar surface area (TPSA) is 57.7 Å². The largest absolute Gasteiger partial charge is 0.309 e. The Balaban J connectivity index is 1.90. The Hall–Kier alpha value is -2.83. The summed E-state index contributed by atoms with van der Waals surface area (Å²) in [4.78, 5) is 15.0. The van der Waals surface area contributed by atoms with E-state index in [4.69, 9.17) is 11.6 Å². The highest BCUT2D eigenvalue weighted by Gasteiger charge is 2.41. The molecule has 33 heavy (non-hydrogen) atoms. The summed E-state index contributed by atoms with van der Waals surface area (Å²) in [5.74, 6) is -0.139. The lowest BCUT2D eigenvalue weighted by atomic mass is 9.90. The first-order valence-corrected chi connectivity index (χ1v) is 12.8. The van der Waals surface area contributed by atoms with E-state index in [9.17, 15) is 13.2 Å². The monoisotopic (exact) mass is 482 g/mol. The predicted molar refractivity (Wildman–Crippen MR) is 133 cm³/mol. The molecule has 0 spiro atoms. The first-order chi connectivity index (χ1) is 15.7. The molecular weight excluding hydrogens is 456 g/mol. The molecule has 0 radical (unpaired) electrons. The summed E-state index contributed by atoms with van der Waals surface area (Å²) >= 11 is 6.02. The summed E-state index contributed by atoms with van der Waals surface area (Å²) in [5, 5.41) is 0.472. The minimum Gasteiger partial charge on any atom is -0.309 e. The van der Waals surface area contributed by atoms with Crippen molar-refractivity contribution >= 4 is 38.9 Å². The van der Waals surface area contributed by atoms with Crippen LogP contribution < -0.4 is 9.21 Å². The van der Waals surface area contributed by atoms with Crippen LogP contribution in [0.5, 0.6) is 0 Å². The van der Waals surface area contributed by atoms with E-state index in [-0.39, 0.29) is 22.8 Å². The number of nitrogens with zero attached hydrogens (tertiary/aromatic N) is 2. The zero-order valence-electron chi connectivity index (χ0n) is 18.9. The summed E-state index contributed by atoms with van der Waals surface area (Å²) in [6.07, 6.45) is 0.469. The molecule has 1 amide bonds. The molecule has 5 nitrogen and oxygen atoms in total. The minimum absolute atomic E-state index is 0.0280. The van der Waals surface area contributed by atoms with Crippen molar-refractivity contribution in [3.63, 3.8) is 0 Å². The van der Waals surface area contributed by atoms with Crippen LogP contribution in [0.1, 0.15) is 38.8 Å². The Labute approximate surface area is 200 Å². The second kappa shape index (κ2) is 9.20. The third-order valence-electron chi connectivity index (χ3n) is 5.96. The Bertz CT molecular complexity index is 1240. The molecule has 4 rings (SSSR count). The second-order valence-corrected chi connectivity index (χ2v) is 10.9. The average molecular weight is 483 g/mol. The van der Waals surface area contributed by atoms with Gasteiger partial charge in [-0.1, -0.05) is 61.8 Å². The third kappa shape index (κ3) is 4.37. The highest BCUT2D eigenvalue weighted by atomic mass is 35.5. The minimum atomic E-state index is -3.92. The molecule has 0 bridgehead atoms. The molecule has 0 aromatic heterocycles. The molecule has 7 heteroatoms. The number of carbonyl (C=O) groups is 1. The van der Waals surface area contributed by atoms with Gasteiger partial charge in [-0.15, -0.1) is 0 Å². The zero-order chi connectivity index (χ0) is 23.8. The van der Waals surface area contributed by atoms with E-state index < -0.39 is 16.1 Å². The van der Waals surface area contributed by atoms with Gasteiger partial charge in [0, 0.05) is 22.7 Å². The summed E-state index contributed by atoms with van der Waals surface area (Å²) in [6.45, 7) is 5.73. The van der Waals surface area contributed by atoms with Crippen LogP contribution >= 0.6 is 11.6 Å². The maximum Gasteiger partial charge on any atom is 0.264 e. The quantitative estimate of drug-likeness (QED) is 0.444. The third-order valence-corrected chi connectivity index (χ3v) is 8.06. The van der Waals surface area contributed by atoms with Crippen LogP contribution in [-0.4, -0.2) is 20.4 Å². The number of carbonyl (C=O) groups excluding carboxylic acids is 1. The Kier molecular flexibility index (Phi) is 6.50. The van der Waals surface area contributed by atoms with Gasteiger partial charge in [0.2, 0.25) is 5.91 Å². The van der Waals surface area contributed by atoms with Crippen LogP contribution in [-0.2, 0) is 14.8 Å². The molecule has 3 aromatic carbocycles. The molecule has 1 aliphatic rings. The van der Waals surface area contributed by atoms with Gasteiger partial charge in [-0.05, 0) is 61.4 Å². The van der Waals surface area contributed by atoms with Gasteiger partial charge in [0.05, 0.1) is 16.6 Å². The van der Waals surface area contributed by atoms with Gasteiger partial charge in [0.1, 0.15) is 0 Å². The van der Waals surface area contributed by atoms with E-state index >= 15 is 0 Å². The van der Waals surface area contributed by atoms with E-state index in [2.05, 4.69) is 0 Å². The normalized spacial score (nSPS) is 18.2. The van der Waals surface area contributed by atoms with Crippen molar-refractivity contribution in [2.24, 2.45) is 5.92 Å². The Morgan fingerprint density at radius 1 is 0.970 bits per heavy atom. The lowest BCUT2D eigenvalue weighted by molar-refractivity contribution is -0.122. The van der Waals surface area contributed by atoms with E-state index in [0.717, 1.165) is 11.3 Å². The van der Waals surface area contributed by atoms with Crippen LogP contribution in [0.25, 0.3) is 0 Å². The van der Waals surface area contributed by atoms with E-state index in [1.54, 1.807) is 24.3 Å². The highest BCUT2D eigenvalue weighted by molar-refractivity contribution is 7.92. The Morgan fingerprint density at radius 2 is 1.58 bits per heavy atom. The number of amides is 1. The van der Waals surface area contributed by atoms with Crippen LogP contribution in [0.15, 0.2) is 83.8 Å². The van der Waals surface area contributed by atoms with Gasteiger partial charge in [-0.2, -0.15) is 0 Å². The van der Waals surface area contributed by atoms with Gasteiger partial charge in [-0.25, -0.2) is 8.42 Å². The van der Waals surface area contributed by atoms with E-state index in [1.807, 2.05) is 68.1 Å². The maximum absolute atomic E-state index is 14.0. The van der Waals surface area contributed by atoms with Crippen molar-refractivity contribution in [2.45, 2.75) is 44.2 Å². The zero-order valence-corrected chi connectivity index (χ0v) is 20.4. The number of rotatable bonds is 5. The standard InChI is InChI=1S/C26H27ClN2O3S/c1-18(2)26(30)28-19(3)17-25(23-11-7-8-12-24(23)28)29(21-9-5-4-6-10-21)33(31,32)22-15-13-20(27)14-16-22/h4-16,18-19,25H,17H2,1-3H3/t19-,25-/m0/s1. The predicted octanol–water partition coefficient (Wildman–Crippen LogP) is 6.06. The molecule has 3 aromatic rings. The summed E-state index contributed by atoms with van der Waals surface area (Å²) in [7, 11) is -3.92. The fraction of sp³-hybridized carbons (Fsp3) is 0.269. The highest BCUT2D eigenvalue weighted by Crippen LogP contribution is 2.44. The van der Waals surface area contributed by atoms with Crippen molar-refractivity contribution in [3.8, 4) is 0 Å². The van der Waals surface area contributed by atoms with Gasteiger partial charge in [0.15, 0.2) is 0 Å². The summed E-state index contributed by atoms with van der Waals surface area (Å²) in [5.41, 5.74) is 2.14. The molecule has 0 N–H and O–H groups in total. The molecule has 1 heterocycles. The Morgan fingerprint density at radius 3 is 2.21 bits per heavy atom. The van der Waals surface area contributed by atoms with Gasteiger partial charge < -0.3 is 4.90 Å². The van der Waals surface area contributed by atoms with E-state index in [0.29, 0.717) is 17.1 Å². The smallest absolute Gasteiger partial charge is 0.264 e. The molecule has 0 fully saturated rings. The van der Waals surface area contributed by atoms with Crippen LogP contribution in [0.2, 0.25) is 5.02 Å². The number of hydrogen-bond acceptors (Lipinski definition) is 3. The van der Waals surface area contributed by atoms with Gasteiger partial charge in [-0.3, -0.25) is 9.10 Å². The fourth-order valence-electron chi connectivity index (χ4n) is 4.40. The molecule has 1 aliphatic heterocycles. The first kappa shape index (κ1) is 23.3.